The van der Waals surface area contributed by atoms with Gasteiger partial charge in [0.15, 0.2) is 5.96 Å². The molecule has 0 aliphatic carbocycles. The van der Waals surface area contributed by atoms with Gasteiger partial charge < -0.3 is 16.0 Å². The van der Waals surface area contributed by atoms with Gasteiger partial charge in [-0.3, -0.25) is 4.79 Å². The first-order valence-electron chi connectivity index (χ1n) is 7.89. The molecule has 0 saturated carbocycles. The zero-order valence-electron chi connectivity index (χ0n) is 14.3. The second-order valence-corrected chi connectivity index (χ2v) is 5.23. The van der Waals surface area contributed by atoms with Gasteiger partial charge in [-0.05, 0) is 42.8 Å². The Hall–Kier alpha value is -2.23. The fraction of sp³-hybridized carbons (Fsp3) is 0.222. The van der Waals surface area contributed by atoms with Crippen molar-refractivity contribution in [3.63, 3.8) is 0 Å². The molecule has 0 heterocycles. The topological polar surface area (TPSA) is 65.5 Å². The molecule has 0 atom stereocenters. The van der Waals surface area contributed by atoms with E-state index in [4.69, 9.17) is 0 Å². The molecule has 0 aromatic heterocycles. The zero-order chi connectivity index (χ0) is 18.1. The Labute approximate surface area is 168 Å². The molecule has 2 aromatic carbocycles. The van der Waals surface area contributed by atoms with Gasteiger partial charge in [0.25, 0.3) is 0 Å². The Morgan fingerprint density at radius 3 is 2.42 bits per heavy atom. The first-order chi connectivity index (χ1) is 12.1. The fourth-order valence-electron chi connectivity index (χ4n) is 2.04. The lowest BCUT2D eigenvalue weighted by Crippen LogP contribution is -2.41. The SMILES string of the molecule is CCNC(=NCc1ccc(F)cc1)NCC(=O)Nc1cccc(F)c1.I. The highest BCUT2D eigenvalue weighted by Gasteiger charge is 2.05. The van der Waals surface area contributed by atoms with Gasteiger partial charge >= 0.3 is 0 Å². The Morgan fingerprint density at radius 2 is 1.77 bits per heavy atom. The van der Waals surface area contributed by atoms with E-state index in [1.165, 1.54) is 30.3 Å². The maximum atomic E-state index is 13.1. The fourth-order valence-corrected chi connectivity index (χ4v) is 2.04. The number of halogens is 3. The molecular weight excluding hydrogens is 453 g/mol. The van der Waals surface area contributed by atoms with Crippen LogP contribution in [0.25, 0.3) is 0 Å². The van der Waals surface area contributed by atoms with Gasteiger partial charge in [-0.2, -0.15) is 0 Å². The van der Waals surface area contributed by atoms with E-state index in [1.807, 2.05) is 6.92 Å². The van der Waals surface area contributed by atoms with Crippen LogP contribution >= 0.6 is 24.0 Å². The van der Waals surface area contributed by atoms with E-state index in [2.05, 4.69) is 20.9 Å². The number of hydrogen-bond donors (Lipinski definition) is 3. The second-order valence-electron chi connectivity index (χ2n) is 5.23. The van der Waals surface area contributed by atoms with Crippen molar-refractivity contribution in [2.75, 3.05) is 18.4 Å². The van der Waals surface area contributed by atoms with E-state index in [9.17, 15) is 13.6 Å². The minimum atomic E-state index is -0.417. The number of hydrogen-bond acceptors (Lipinski definition) is 2. The lowest BCUT2D eigenvalue weighted by molar-refractivity contribution is -0.115. The van der Waals surface area contributed by atoms with Crippen molar-refractivity contribution in [3.8, 4) is 0 Å². The van der Waals surface area contributed by atoms with Crippen LogP contribution in [-0.2, 0) is 11.3 Å². The van der Waals surface area contributed by atoms with E-state index >= 15 is 0 Å². The Bertz CT molecular complexity index is 738. The summed E-state index contributed by atoms with van der Waals surface area (Å²) in [6.07, 6.45) is 0. The molecule has 140 valence electrons. The van der Waals surface area contributed by atoms with Crippen LogP contribution in [0.1, 0.15) is 12.5 Å². The lowest BCUT2D eigenvalue weighted by Gasteiger charge is -2.11. The summed E-state index contributed by atoms with van der Waals surface area (Å²) < 4.78 is 26.0. The number of benzene rings is 2. The maximum Gasteiger partial charge on any atom is 0.243 e. The Morgan fingerprint density at radius 1 is 1.04 bits per heavy atom. The number of carbonyl (C=O) groups is 1. The van der Waals surface area contributed by atoms with E-state index in [0.29, 0.717) is 24.7 Å². The number of rotatable bonds is 6. The quantitative estimate of drug-likeness (QED) is 0.342. The molecule has 0 saturated heterocycles. The van der Waals surface area contributed by atoms with E-state index < -0.39 is 5.82 Å². The number of aliphatic imine (C=N–C) groups is 1. The number of nitrogens with zero attached hydrogens (tertiary/aromatic N) is 1. The number of amides is 1. The summed E-state index contributed by atoms with van der Waals surface area (Å²) in [5.41, 5.74) is 1.24. The van der Waals surface area contributed by atoms with Crippen molar-refractivity contribution in [2.45, 2.75) is 13.5 Å². The van der Waals surface area contributed by atoms with Crippen LogP contribution in [-0.4, -0.2) is 25.0 Å². The molecule has 26 heavy (non-hydrogen) atoms. The van der Waals surface area contributed by atoms with Gasteiger partial charge in [0.05, 0.1) is 13.1 Å². The molecule has 0 aliphatic heterocycles. The molecule has 0 radical (unpaired) electrons. The third-order valence-electron chi connectivity index (χ3n) is 3.20. The van der Waals surface area contributed by atoms with Crippen molar-refractivity contribution in [3.05, 3.63) is 65.7 Å². The van der Waals surface area contributed by atoms with Gasteiger partial charge in [-0.1, -0.05) is 18.2 Å². The average molecular weight is 474 g/mol. The van der Waals surface area contributed by atoms with Crippen LogP contribution in [0.4, 0.5) is 14.5 Å². The van der Waals surface area contributed by atoms with Crippen molar-refractivity contribution in [1.82, 2.24) is 10.6 Å². The highest BCUT2D eigenvalue weighted by molar-refractivity contribution is 14.0. The third kappa shape index (κ3) is 7.77. The summed E-state index contributed by atoms with van der Waals surface area (Å²) in [5, 5.41) is 8.51. The summed E-state index contributed by atoms with van der Waals surface area (Å²) in [6, 6.07) is 11.7. The van der Waals surface area contributed by atoms with Crippen molar-refractivity contribution in [2.24, 2.45) is 4.99 Å². The molecular formula is C18H21F2IN4O. The van der Waals surface area contributed by atoms with E-state index in [0.717, 1.165) is 5.56 Å². The number of carbonyl (C=O) groups excluding carboxylic acids is 1. The van der Waals surface area contributed by atoms with Crippen LogP contribution in [0.3, 0.4) is 0 Å². The van der Waals surface area contributed by atoms with Crippen molar-refractivity contribution < 1.29 is 13.6 Å². The minimum absolute atomic E-state index is 0. The highest BCUT2D eigenvalue weighted by atomic mass is 127. The summed E-state index contributed by atoms with van der Waals surface area (Å²) in [5.74, 6) is -0.578. The van der Waals surface area contributed by atoms with Crippen molar-refractivity contribution in [1.29, 1.82) is 0 Å². The molecule has 8 heteroatoms. The summed E-state index contributed by atoms with van der Waals surface area (Å²) in [4.78, 5) is 16.3. The number of guanidine groups is 1. The minimum Gasteiger partial charge on any atom is -0.357 e. The molecule has 0 unspecified atom stereocenters. The predicted octanol–water partition coefficient (Wildman–Crippen LogP) is 3.28. The van der Waals surface area contributed by atoms with Crippen LogP contribution < -0.4 is 16.0 Å². The summed E-state index contributed by atoms with van der Waals surface area (Å²) in [7, 11) is 0. The van der Waals surface area contributed by atoms with Gasteiger partial charge in [0.2, 0.25) is 5.91 Å². The third-order valence-corrected chi connectivity index (χ3v) is 3.20. The molecule has 1 amide bonds. The van der Waals surface area contributed by atoms with Crippen LogP contribution in [0.5, 0.6) is 0 Å². The monoisotopic (exact) mass is 474 g/mol. The number of anilines is 1. The Kier molecular flexibility index (Phi) is 9.56. The summed E-state index contributed by atoms with van der Waals surface area (Å²) in [6.45, 7) is 2.86. The molecule has 0 aliphatic rings. The van der Waals surface area contributed by atoms with Gasteiger partial charge in [-0.15, -0.1) is 24.0 Å². The normalized spacial score (nSPS) is 10.7. The molecule has 2 rings (SSSR count). The molecule has 3 N–H and O–H groups in total. The van der Waals surface area contributed by atoms with E-state index in [-0.39, 0.29) is 42.2 Å². The van der Waals surface area contributed by atoms with Crippen LogP contribution in [0.2, 0.25) is 0 Å². The first kappa shape index (κ1) is 21.8. The second kappa shape index (κ2) is 11.4. The largest absolute Gasteiger partial charge is 0.357 e. The standard InChI is InChI=1S/C18H20F2N4O.HI/c1-2-21-18(22-11-13-6-8-14(19)9-7-13)23-12-17(25)24-16-5-3-4-15(20)10-16;/h3-10H,2,11-12H2,1H3,(H,24,25)(H2,21,22,23);1H. The van der Waals surface area contributed by atoms with Crippen molar-refractivity contribution >= 4 is 41.5 Å². The molecule has 0 spiro atoms. The molecule has 2 aromatic rings. The van der Waals surface area contributed by atoms with Gasteiger partial charge in [0, 0.05) is 12.2 Å². The van der Waals surface area contributed by atoms with Crippen LogP contribution in [0.15, 0.2) is 53.5 Å². The Balaban J connectivity index is 0.00000338. The highest BCUT2D eigenvalue weighted by Crippen LogP contribution is 2.08. The predicted molar refractivity (Wildman–Crippen MR) is 110 cm³/mol. The first-order valence-corrected chi connectivity index (χ1v) is 7.89. The zero-order valence-corrected chi connectivity index (χ0v) is 16.6. The summed E-state index contributed by atoms with van der Waals surface area (Å²) >= 11 is 0. The van der Waals surface area contributed by atoms with Crippen LogP contribution in [0, 0.1) is 11.6 Å². The molecule has 0 fully saturated rings. The lowest BCUT2D eigenvalue weighted by atomic mass is 10.2. The number of nitrogens with one attached hydrogen (secondary N) is 3. The maximum absolute atomic E-state index is 13.1. The van der Waals surface area contributed by atoms with Gasteiger partial charge in [0.1, 0.15) is 11.6 Å². The molecule has 0 bridgehead atoms. The molecule has 5 nitrogen and oxygen atoms in total. The van der Waals surface area contributed by atoms with E-state index in [1.54, 1.807) is 18.2 Å². The smallest absolute Gasteiger partial charge is 0.243 e. The van der Waals surface area contributed by atoms with Gasteiger partial charge in [-0.25, -0.2) is 13.8 Å². The average Bonchev–Trinajstić information content (AvgIpc) is 2.59.